The fraction of sp³-hybridized carbons (Fsp3) is 0.467. The van der Waals surface area contributed by atoms with Gasteiger partial charge < -0.3 is 10.4 Å². The number of hydrogen-bond donors (Lipinski definition) is 2. The van der Waals surface area contributed by atoms with E-state index in [1.807, 2.05) is 18.2 Å². The van der Waals surface area contributed by atoms with Gasteiger partial charge in [-0.1, -0.05) is 30.3 Å². The Labute approximate surface area is 121 Å². The highest BCUT2D eigenvalue weighted by molar-refractivity contribution is 8.00. The summed E-state index contributed by atoms with van der Waals surface area (Å²) in [6.45, 7) is 0. The van der Waals surface area contributed by atoms with Gasteiger partial charge in [-0.05, 0) is 24.3 Å². The lowest BCUT2D eigenvalue weighted by molar-refractivity contribution is -0.136. The van der Waals surface area contributed by atoms with Gasteiger partial charge in [-0.3, -0.25) is 9.59 Å². The molecule has 0 unspecified atom stereocenters. The van der Waals surface area contributed by atoms with Crippen molar-refractivity contribution < 1.29 is 14.7 Å². The molecular formula is C15H17NO3S. The molecule has 1 aromatic carbocycles. The molecule has 0 spiro atoms. The maximum Gasteiger partial charge on any atom is 0.316 e. The Kier molecular flexibility index (Phi) is 3.70. The van der Waals surface area contributed by atoms with E-state index >= 15 is 0 Å². The molecule has 2 N–H and O–H groups in total. The van der Waals surface area contributed by atoms with Crippen LogP contribution in [0.15, 0.2) is 30.3 Å². The van der Waals surface area contributed by atoms with E-state index in [0.717, 1.165) is 6.42 Å². The van der Waals surface area contributed by atoms with Crippen LogP contribution in [0.1, 0.15) is 24.3 Å². The third-order valence-corrected chi connectivity index (χ3v) is 5.37. The van der Waals surface area contributed by atoms with Crippen LogP contribution in [-0.2, 0) is 9.59 Å². The SMILES string of the molecule is O=C(O)[C@@H]1C[C@H](NC(=O)[C@@H]2C[C@H]2c2ccccc2)CS1. The van der Waals surface area contributed by atoms with E-state index in [2.05, 4.69) is 17.4 Å². The van der Waals surface area contributed by atoms with Crippen molar-refractivity contribution in [2.24, 2.45) is 5.92 Å². The number of benzene rings is 1. The molecule has 20 heavy (non-hydrogen) atoms. The minimum atomic E-state index is -0.777. The Balaban J connectivity index is 1.51. The van der Waals surface area contributed by atoms with Crippen molar-refractivity contribution in [2.45, 2.75) is 30.1 Å². The molecule has 4 nitrogen and oxygen atoms in total. The summed E-state index contributed by atoms with van der Waals surface area (Å²) >= 11 is 1.42. The fourth-order valence-corrected chi connectivity index (χ4v) is 3.96. The lowest BCUT2D eigenvalue weighted by atomic mass is 10.1. The maximum absolute atomic E-state index is 12.2. The van der Waals surface area contributed by atoms with Crippen molar-refractivity contribution in [1.29, 1.82) is 0 Å². The molecule has 2 aliphatic rings. The van der Waals surface area contributed by atoms with Gasteiger partial charge >= 0.3 is 5.97 Å². The number of hydrogen-bond acceptors (Lipinski definition) is 3. The van der Waals surface area contributed by atoms with Gasteiger partial charge in [0.25, 0.3) is 0 Å². The van der Waals surface area contributed by atoms with Crippen LogP contribution in [0.2, 0.25) is 0 Å². The van der Waals surface area contributed by atoms with Crippen LogP contribution in [-0.4, -0.2) is 34.0 Å². The summed E-state index contributed by atoms with van der Waals surface area (Å²) in [6, 6.07) is 10.1. The van der Waals surface area contributed by atoms with E-state index in [9.17, 15) is 9.59 Å². The lowest BCUT2D eigenvalue weighted by Gasteiger charge is -2.11. The zero-order valence-electron chi connectivity index (χ0n) is 11.0. The van der Waals surface area contributed by atoms with Crippen molar-refractivity contribution in [3.63, 3.8) is 0 Å². The molecule has 1 amide bonds. The van der Waals surface area contributed by atoms with E-state index in [1.54, 1.807) is 0 Å². The zero-order chi connectivity index (χ0) is 14.1. The Morgan fingerprint density at radius 2 is 1.95 bits per heavy atom. The molecule has 4 atom stereocenters. The second-order valence-electron chi connectivity index (χ2n) is 5.46. The fourth-order valence-electron chi connectivity index (χ4n) is 2.76. The molecule has 0 bridgehead atoms. The molecule has 5 heteroatoms. The number of thioether (sulfide) groups is 1. The molecule has 1 saturated carbocycles. The van der Waals surface area contributed by atoms with Gasteiger partial charge in [0.1, 0.15) is 5.25 Å². The van der Waals surface area contributed by atoms with Crippen LogP contribution >= 0.6 is 11.8 Å². The van der Waals surface area contributed by atoms with Crippen LogP contribution in [0.3, 0.4) is 0 Å². The van der Waals surface area contributed by atoms with Gasteiger partial charge in [-0.2, -0.15) is 0 Å². The van der Waals surface area contributed by atoms with E-state index < -0.39 is 5.97 Å². The summed E-state index contributed by atoms with van der Waals surface area (Å²) in [5, 5.41) is 11.6. The number of amides is 1. The summed E-state index contributed by atoms with van der Waals surface area (Å²) in [4.78, 5) is 23.0. The average molecular weight is 291 g/mol. The highest BCUT2D eigenvalue weighted by atomic mass is 32.2. The average Bonchev–Trinajstić information content (AvgIpc) is 3.12. The summed E-state index contributed by atoms with van der Waals surface area (Å²) in [7, 11) is 0. The summed E-state index contributed by atoms with van der Waals surface area (Å²) in [5.74, 6) is 0.397. The topological polar surface area (TPSA) is 66.4 Å². The zero-order valence-corrected chi connectivity index (χ0v) is 11.8. The van der Waals surface area contributed by atoms with Crippen LogP contribution in [0.25, 0.3) is 0 Å². The first-order valence-corrected chi connectivity index (χ1v) is 7.89. The maximum atomic E-state index is 12.2. The molecule has 1 aromatic rings. The van der Waals surface area contributed by atoms with E-state index in [-0.39, 0.29) is 23.1 Å². The van der Waals surface area contributed by atoms with Gasteiger partial charge in [-0.15, -0.1) is 11.8 Å². The quantitative estimate of drug-likeness (QED) is 0.888. The minimum absolute atomic E-state index is 0.00521. The second kappa shape index (κ2) is 5.48. The van der Waals surface area contributed by atoms with Crippen LogP contribution in [0.5, 0.6) is 0 Å². The smallest absolute Gasteiger partial charge is 0.316 e. The Bertz CT molecular complexity index is 519. The molecule has 2 fully saturated rings. The van der Waals surface area contributed by atoms with Crippen molar-refractivity contribution in [3.8, 4) is 0 Å². The van der Waals surface area contributed by atoms with Gasteiger partial charge in [-0.25, -0.2) is 0 Å². The molecule has 3 rings (SSSR count). The Morgan fingerprint density at radius 1 is 1.20 bits per heavy atom. The number of carbonyl (C=O) groups excluding carboxylic acids is 1. The number of carbonyl (C=O) groups is 2. The van der Waals surface area contributed by atoms with E-state index in [0.29, 0.717) is 18.1 Å². The minimum Gasteiger partial charge on any atom is -0.480 e. The Morgan fingerprint density at radius 3 is 2.60 bits per heavy atom. The van der Waals surface area contributed by atoms with Crippen LogP contribution in [0.4, 0.5) is 0 Å². The molecule has 1 heterocycles. The predicted molar refractivity (Wildman–Crippen MR) is 77.7 cm³/mol. The highest BCUT2D eigenvalue weighted by Gasteiger charge is 2.45. The van der Waals surface area contributed by atoms with Gasteiger partial charge in [0.05, 0.1) is 0 Å². The standard InChI is InChI=1S/C15H17NO3S/c17-14(16-10-6-13(15(18)19)20-8-10)12-7-11(12)9-4-2-1-3-5-9/h1-5,10-13H,6-8H2,(H,16,17)(H,18,19)/t10-,11-,12+,13-/m0/s1. The van der Waals surface area contributed by atoms with Crippen molar-refractivity contribution in [1.82, 2.24) is 5.32 Å². The first kappa shape index (κ1) is 13.5. The number of rotatable bonds is 4. The first-order valence-electron chi connectivity index (χ1n) is 6.85. The monoisotopic (exact) mass is 291 g/mol. The van der Waals surface area contributed by atoms with Crippen molar-refractivity contribution >= 4 is 23.6 Å². The van der Waals surface area contributed by atoms with Crippen molar-refractivity contribution in [2.75, 3.05) is 5.75 Å². The normalized spacial score (nSPS) is 31.8. The van der Waals surface area contributed by atoms with Gasteiger partial charge in [0, 0.05) is 17.7 Å². The molecule has 0 aromatic heterocycles. The number of carboxylic acids is 1. The highest BCUT2D eigenvalue weighted by Crippen LogP contribution is 2.47. The molecule has 1 aliphatic carbocycles. The second-order valence-corrected chi connectivity index (χ2v) is 6.70. The largest absolute Gasteiger partial charge is 0.480 e. The molecule has 106 valence electrons. The van der Waals surface area contributed by atoms with Crippen molar-refractivity contribution in [3.05, 3.63) is 35.9 Å². The first-order chi connectivity index (χ1) is 9.65. The third kappa shape index (κ3) is 2.82. The van der Waals surface area contributed by atoms with Gasteiger partial charge in [0.2, 0.25) is 5.91 Å². The number of carboxylic acid groups (broad SMARTS) is 1. The molecular weight excluding hydrogens is 274 g/mol. The predicted octanol–water partition coefficient (Wildman–Crippen LogP) is 1.86. The summed E-state index contributed by atoms with van der Waals surface area (Å²) < 4.78 is 0. The van der Waals surface area contributed by atoms with E-state index in [4.69, 9.17) is 5.11 Å². The third-order valence-electron chi connectivity index (χ3n) is 3.97. The molecule has 1 saturated heterocycles. The molecule has 0 radical (unpaired) electrons. The van der Waals surface area contributed by atoms with Crippen LogP contribution in [0, 0.1) is 5.92 Å². The summed E-state index contributed by atoms with van der Waals surface area (Å²) in [6.07, 6.45) is 1.44. The molecule has 1 aliphatic heterocycles. The number of aliphatic carboxylic acids is 1. The van der Waals surface area contributed by atoms with Gasteiger partial charge in [0.15, 0.2) is 0 Å². The Hall–Kier alpha value is -1.49. The van der Waals surface area contributed by atoms with E-state index in [1.165, 1.54) is 17.3 Å². The lowest BCUT2D eigenvalue weighted by Crippen LogP contribution is -2.36. The van der Waals surface area contributed by atoms with Crippen LogP contribution < -0.4 is 5.32 Å². The number of nitrogens with one attached hydrogen (secondary N) is 1. The summed E-state index contributed by atoms with van der Waals surface area (Å²) in [5.41, 5.74) is 1.22.